The summed E-state index contributed by atoms with van der Waals surface area (Å²) in [5, 5.41) is 6.03. The van der Waals surface area contributed by atoms with Crippen molar-refractivity contribution in [1.82, 2.24) is 0 Å². The third-order valence-electron chi connectivity index (χ3n) is 3.23. The van der Waals surface area contributed by atoms with Gasteiger partial charge in [-0.05, 0) is 47.2 Å². The molecular formula is C9H9N3S. The smallest absolute Gasteiger partial charge is 0.0449 e. The largest absolute Gasteiger partial charge is 0.148 e. The molecule has 1 heterocycles. The minimum absolute atomic E-state index is 0.233. The van der Waals surface area contributed by atoms with Crippen LogP contribution in [0.5, 0.6) is 0 Å². The van der Waals surface area contributed by atoms with Crippen molar-refractivity contribution in [2.75, 3.05) is 0 Å². The summed E-state index contributed by atoms with van der Waals surface area (Å²) in [5.41, 5.74) is 9.87. The van der Waals surface area contributed by atoms with Gasteiger partial charge < -0.3 is 0 Å². The highest BCUT2D eigenvalue weighted by Gasteiger charge is 2.44. The van der Waals surface area contributed by atoms with E-state index in [1.54, 1.807) is 4.88 Å². The van der Waals surface area contributed by atoms with Crippen LogP contribution in [0.25, 0.3) is 10.4 Å². The molecule has 0 aliphatic heterocycles. The molecule has 3 unspecified atom stereocenters. The lowest BCUT2D eigenvalue weighted by molar-refractivity contribution is 0.596. The van der Waals surface area contributed by atoms with Crippen LogP contribution in [0.3, 0.4) is 0 Å². The standard InChI is InChI=1S/C9H9N3S/c10-12-11-8-4-5-3-7(8)6-1-2-13-9(5)6/h1-2,5,7-8H,3-4H2. The Labute approximate surface area is 80.0 Å². The zero-order chi connectivity index (χ0) is 8.84. The molecule has 3 rings (SSSR count). The number of hydrogen-bond donors (Lipinski definition) is 0. The first-order valence-electron chi connectivity index (χ1n) is 4.51. The predicted molar refractivity (Wildman–Crippen MR) is 52.0 cm³/mol. The average molecular weight is 191 g/mol. The summed E-state index contributed by atoms with van der Waals surface area (Å²) in [4.78, 5) is 4.47. The lowest BCUT2D eigenvalue weighted by atomic mass is 9.95. The van der Waals surface area contributed by atoms with Crippen LogP contribution in [0, 0.1) is 0 Å². The summed E-state index contributed by atoms with van der Waals surface area (Å²) in [5.74, 6) is 1.22. The van der Waals surface area contributed by atoms with Crippen molar-refractivity contribution in [2.24, 2.45) is 5.11 Å². The molecule has 66 valence electrons. The van der Waals surface area contributed by atoms with Gasteiger partial charge in [-0.2, -0.15) is 0 Å². The van der Waals surface area contributed by atoms with Gasteiger partial charge >= 0.3 is 0 Å². The molecule has 3 atom stereocenters. The van der Waals surface area contributed by atoms with Gasteiger partial charge in [-0.1, -0.05) is 5.11 Å². The molecule has 2 aliphatic rings. The number of thiophene rings is 1. The van der Waals surface area contributed by atoms with Gasteiger partial charge in [0.15, 0.2) is 0 Å². The van der Waals surface area contributed by atoms with Gasteiger partial charge in [0.05, 0.1) is 0 Å². The van der Waals surface area contributed by atoms with Crippen molar-refractivity contribution in [3.8, 4) is 0 Å². The molecule has 13 heavy (non-hydrogen) atoms. The van der Waals surface area contributed by atoms with E-state index in [4.69, 9.17) is 5.53 Å². The Kier molecular flexibility index (Phi) is 1.43. The molecule has 0 aromatic carbocycles. The van der Waals surface area contributed by atoms with E-state index in [9.17, 15) is 0 Å². The molecule has 1 fully saturated rings. The minimum atomic E-state index is 0.233. The first kappa shape index (κ1) is 7.42. The molecule has 4 heteroatoms. The van der Waals surface area contributed by atoms with Crippen LogP contribution in [-0.4, -0.2) is 6.04 Å². The van der Waals surface area contributed by atoms with E-state index < -0.39 is 0 Å². The van der Waals surface area contributed by atoms with Crippen molar-refractivity contribution in [2.45, 2.75) is 30.7 Å². The molecule has 3 nitrogen and oxygen atoms in total. The number of fused-ring (bicyclic) bond motifs is 5. The molecule has 0 N–H and O–H groups in total. The number of hydrogen-bond acceptors (Lipinski definition) is 2. The fourth-order valence-electron chi connectivity index (χ4n) is 2.73. The Morgan fingerprint density at radius 3 is 3.31 bits per heavy atom. The van der Waals surface area contributed by atoms with Gasteiger partial charge in [-0.15, -0.1) is 11.3 Å². The summed E-state index contributed by atoms with van der Waals surface area (Å²) in [6.45, 7) is 0. The molecule has 1 saturated carbocycles. The second-order valence-corrected chi connectivity index (χ2v) is 4.73. The molecule has 2 aliphatic carbocycles. The molecule has 0 amide bonds. The van der Waals surface area contributed by atoms with Crippen molar-refractivity contribution in [1.29, 1.82) is 0 Å². The second kappa shape index (κ2) is 2.50. The lowest BCUT2D eigenvalue weighted by Crippen LogP contribution is -2.11. The first-order valence-corrected chi connectivity index (χ1v) is 5.39. The molecule has 1 aromatic heterocycles. The zero-order valence-corrected chi connectivity index (χ0v) is 7.87. The predicted octanol–water partition coefficient (Wildman–Crippen LogP) is 3.40. The Bertz CT molecular complexity index is 391. The van der Waals surface area contributed by atoms with E-state index >= 15 is 0 Å². The highest BCUT2D eigenvalue weighted by molar-refractivity contribution is 7.10. The maximum atomic E-state index is 8.41. The fraction of sp³-hybridized carbons (Fsp3) is 0.556. The number of rotatable bonds is 1. The van der Waals surface area contributed by atoms with Gasteiger partial charge in [0.25, 0.3) is 0 Å². The molecule has 1 aromatic rings. The highest BCUT2D eigenvalue weighted by atomic mass is 32.1. The Morgan fingerprint density at radius 1 is 1.54 bits per heavy atom. The molecule has 0 saturated heterocycles. The summed E-state index contributed by atoms with van der Waals surface area (Å²) < 4.78 is 0. The van der Waals surface area contributed by atoms with E-state index in [0.717, 1.165) is 6.42 Å². The van der Waals surface area contributed by atoms with Crippen LogP contribution in [0.2, 0.25) is 0 Å². The van der Waals surface area contributed by atoms with E-state index in [-0.39, 0.29) is 6.04 Å². The van der Waals surface area contributed by atoms with Crippen molar-refractivity contribution >= 4 is 11.3 Å². The summed E-state index contributed by atoms with van der Waals surface area (Å²) >= 11 is 1.86. The van der Waals surface area contributed by atoms with Crippen LogP contribution >= 0.6 is 11.3 Å². The summed E-state index contributed by atoms with van der Waals surface area (Å²) in [6.07, 6.45) is 2.29. The first-order chi connectivity index (χ1) is 6.40. The van der Waals surface area contributed by atoms with Crippen LogP contribution < -0.4 is 0 Å². The van der Waals surface area contributed by atoms with Gasteiger partial charge in [0.1, 0.15) is 0 Å². The van der Waals surface area contributed by atoms with Crippen LogP contribution in [0.1, 0.15) is 35.1 Å². The van der Waals surface area contributed by atoms with Crippen LogP contribution in [0.4, 0.5) is 0 Å². The van der Waals surface area contributed by atoms with E-state index in [1.807, 2.05) is 11.3 Å². The number of azide groups is 1. The Hall–Kier alpha value is -0.990. The maximum absolute atomic E-state index is 8.41. The van der Waals surface area contributed by atoms with Crippen molar-refractivity contribution < 1.29 is 0 Å². The van der Waals surface area contributed by atoms with Gasteiger partial charge in [0, 0.05) is 15.8 Å². The number of nitrogens with zero attached hydrogens (tertiary/aromatic N) is 3. The minimum Gasteiger partial charge on any atom is -0.148 e. The summed E-state index contributed by atoms with van der Waals surface area (Å²) in [7, 11) is 0. The van der Waals surface area contributed by atoms with Gasteiger partial charge in [-0.3, -0.25) is 0 Å². The highest BCUT2D eigenvalue weighted by Crippen LogP contribution is 2.56. The molecular weight excluding hydrogens is 182 g/mol. The maximum Gasteiger partial charge on any atom is 0.0449 e. The normalized spacial score (nSPS) is 34.3. The zero-order valence-electron chi connectivity index (χ0n) is 7.05. The third-order valence-corrected chi connectivity index (χ3v) is 4.32. The quantitative estimate of drug-likeness (QED) is 0.371. The topological polar surface area (TPSA) is 48.8 Å². The third kappa shape index (κ3) is 0.872. The second-order valence-electron chi connectivity index (χ2n) is 3.79. The molecule has 0 radical (unpaired) electrons. The average Bonchev–Trinajstić information content (AvgIpc) is 2.72. The van der Waals surface area contributed by atoms with Crippen LogP contribution in [-0.2, 0) is 0 Å². The van der Waals surface area contributed by atoms with E-state index in [0.29, 0.717) is 11.8 Å². The lowest BCUT2D eigenvalue weighted by Gasteiger charge is -2.16. The van der Waals surface area contributed by atoms with Gasteiger partial charge in [-0.25, -0.2) is 0 Å². The SMILES string of the molecule is [N-]=[N+]=NC1CC2CC1c1ccsc12. The molecule has 2 bridgehead atoms. The van der Waals surface area contributed by atoms with Crippen molar-refractivity contribution in [3.05, 3.63) is 32.3 Å². The van der Waals surface area contributed by atoms with Gasteiger partial charge in [0.2, 0.25) is 0 Å². The van der Waals surface area contributed by atoms with E-state index in [1.165, 1.54) is 12.0 Å². The Balaban J connectivity index is 2.04. The Morgan fingerprint density at radius 2 is 2.46 bits per heavy atom. The van der Waals surface area contributed by atoms with E-state index in [2.05, 4.69) is 21.5 Å². The monoisotopic (exact) mass is 191 g/mol. The molecule has 0 spiro atoms. The summed E-state index contributed by atoms with van der Waals surface area (Å²) in [6, 6.07) is 2.43. The van der Waals surface area contributed by atoms with Crippen LogP contribution in [0.15, 0.2) is 16.6 Å². The fourth-order valence-corrected chi connectivity index (χ4v) is 3.83. The van der Waals surface area contributed by atoms with Crippen molar-refractivity contribution in [3.63, 3.8) is 0 Å².